The summed E-state index contributed by atoms with van der Waals surface area (Å²) in [5, 5.41) is 16.9. The van der Waals surface area contributed by atoms with Crippen LogP contribution in [-0.2, 0) is 7.05 Å². The number of hydrogen-bond acceptors (Lipinski definition) is 6. The van der Waals surface area contributed by atoms with E-state index in [1.54, 1.807) is 36.2 Å². The molecule has 0 fully saturated rings. The number of rotatable bonds is 6. The van der Waals surface area contributed by atoms with Crippen molar-refractivity contribution in [3.8, 4) is 5.75 Å². The molecule has 1 aromatic heterocycles. The van der Waals surface area contributed by atoms with Crippen molar-refractivity contribution in [2.24, 2.45) is 13.0 Å². The largest absolute Gasteiger partial charge is 0.486 e. The Kier molecular flexibility index (Phi) is 7.20. The van der Waals surface area contributed by atoms with Crippen LogP contribution in [0.3, 0.4) is 0 Å². The molecule has 9 nitrogen and oxygen atoms in total. The SMILES string of the molecule is Cc1cc(C(=O)Nc2cccc3c2O[C@H](CN(C)C)[C@H](C)CN([C@@H](C)CO)C3=O)n(C)n1. The van der Waals surface area contributed by atoms with E-state index in [1.165, 1.54) is 4.68 Å². The van der Waals surface area contributed by atoms with Gasteiger partial charge in [-0.2, -0.15) is 5.10 Å². The smallest absolute Gasteiger partial charge is 0.274 e. The van der Waals surface area contributed by atoms with Gasteiger partial charge in [0.1, 0.15) is 11.8 Å². The lowest BCUT2D eigenvalue weighted by Gasteiger charge is -2.38. The number of amides is 2. The van der Waals surface area contributed by atoms with E-state index in [4.69, 9.17) is 4.74 Å². The number of benzene rings is 1. The first-order valence-electron chi connectivity index (χ1n) is 10.8. The van der Waals surface area contributed by atoms with Gasteiger partial charge < -0.3 is 25.0 Å². The van der Waals surface area contributed by atoms with Gasteiger partial charge in [0.15, 0.2) is 5.75 Å². The fourth-order valence-corrected chi connectivity index (χ4v) is 3.93. The van der Waals surface area contributed by atoms with Crippen LogP contribution in [-0.4, -0.2) is 82.4 Å². The molecule has 9 heteroatoms. The molecular formula is C23H33N5O4. The predicted molar refractivity (Wildman–Crippen MR) is 122 cm³/mol. The average Bonchev–Trinajstić information content (AvgIpc) is 3.08. The number of anilines is 1. The molecule has 1 aliphatic heterocycles. The number of hydrogen-bond donors (Lipinski definition) is 2. The van der Waals surface area contributed by atoms with Gasteiger partial charge in [0, 0.05) is 26.1 Å². The minimum atomic E-state index is -0.341. The van der Waals surface area contributed by atoms with Crippen LogP contribution < -0.4 is 10.1 Å². The molecule has 0 bridgehead atoms. The molecule has 0 saturated heterocycles. The third-order valence-electron chi connectivity index (χ3n) is 5.72. The number of nitrogens with zero attached hydrogens (tertiary/aromatic N) is 4. The summed E-state index contributed by atoms with van der Waals surface area (Å²) < 4.78 is 7.93. The molecule has 2 N–H and O–H groups in total. The molecule has 0 aliphatic carbocycles. The van der Waals surface area contributed by atoms with Gasteiger partial charge in [-0.25, -0.2) is 0 Å². The Balaban J connectivity index is 2.05. The Bertz CT molecular complexity index is 987. The van der Waals surface area contributed by atoms with E-state index in [0.29, 0.717) is 35.8 Å². The molecule has 0 spiro atoms. The number of aryl methyl sites for hydroxylation is 2. The van der Waals surface area contributed by atoms with Crippen LogP contribution in [0.4, 0.5) is 5.69 Å². The molecule has 32 heavy (non-hydrogen) atoms. The quantitative estimate of drug-likeness (QED) is 0.706. The van der Waals surface area contributed by atoms with Gasteiger partial charge >= 0.3 is 0 Å². The second kappa shape index (κ2) is 9.70. The van der Waals surface area contributed by atoms with Gasteiger partial charge in [0.05, 0.1) is 29.6 Å². The highest BCUT2D eigenvalue weighted by Gasteiger charge is 2.34. The summed E-state index contributed by atoms with van der Waals surface area (Å²) in [5.74, 6) is -0.216. The molecule has 3 atom stereocenters. The predicted octanol–water partition coefficient (Wildman–Crippen LogP) is 1.76. The van der Waals surface area contributed by atoms with E-state index in [1.807, 2.05) is 39.8 Å². The second-order valence-electron chi connectivity index (χ2n) is 8.82. The molecule has 3 rings (SSSR count). The maximum atomic E-state index is 13.4. The van der Waals surface area contributed by atoms with E-state index in [0.717, 1.165) is 5.69 Å². The molecule has 0 saturated carbocycles. The van der Waals surface area contributed by atoms with Crippen LogP contribution in [0.5, 0.6) is 5.75 Å². The number of likely N-dealkylation sites (N-methyl/N-ethyl adjacent to an activating group) is 1. The maximum Gasteiger partial charge on any atom is 0.274 e. The maximum absolute atomic E-state index is 13.4. The van der Waals surface area contributed by atoms with Gasteiger partial charge in [0.25, 0.3) is 11.8 Å². The number of aliphatic hydroxyl groups is 1. The average molecular weight is 444 g/mol. The summed E-state index contributed by atoms with van der Waals surface area (Å²) >= 11 is 0. The van der Waals surface area contributed by atoms with E-state index in [9.17, 15) is 14.7 Å². The number of aliphatic hydroxyl groups excluding tert-OH is 1. The van der Waals surface area contributed by atoms with Crippen molar-refractivity contribution < 1.29 is 19.4 Å². The van der Waals surface area contributed by atoms with E-state index in [-0.39, 0.29) is 36.5 Å². The van der Waals surface area contributed by atoms with Crippen molar-refractivity contribution in [2.75, 3.05) is 39.1 Å². The first-order chi connectivity index (χ1) is 15.1. The van der Waals surface area contributed by atoms with Gasteiger partial charge in [-0.3, -0.25) is 14.3 Å². The lowest BCUT2D eigenvalue weighted by Crippen LogP contribution is -2.49. The van der Waals surface area contributed by atoms with Crippen LogP contribution in [0.15, 0.2) is 24.3 Å². The van der Waals surface area contributed by atoms with Crippen molar-refractivity contribution in [3.05, 3.63) is 41.2 Å². The Morgan fingerprint density at radius 1 is 1.41 bits per heavy atom. The Morgan fingerprint density at radius 2 is 2.12 bits per heavy atom. The highest BCUT2D eigenvalue weighted by molar-refractivity contribution is 6.06. The standard InChI is InChI=1S/C23H33N5O4/c1-14-11-28(16(3)13-29)23(31)17-8-7-9-18(21(17)32-20(14)12-26(4)5)24-22(30)19-10-15(2)25-27(19)6/h7-10,14,16,20,29H,11-13H2,1-6H3,(H,24,30)/t14-,16+,20-/m1/s1. The minimum Gasteiger partial charge on any atom is -0.486 e. The fraction of sp³-hybridized carbons (Fsp3) is 0.522. The highest BCUT2D eigenvalue weighted by Crippen LogP contribution is 2.35. The molecule has 1 aromatic carbocycles. The van der Waals surface area contributed by atoms with Crippen molar-refractivity contribution in [1.82, 2.24) is 19.6 Å². The zero-order valence-electron chi connectivity index (χ0n) is 19.6. The van der Waals surface area contributed by atoms with Crippen LogP contribution >= 0.6 is 0 Å². The fourth-order valence-electron chi connectivity index (χ4n) is 3.93. The number of carbonyl (C=O) groups is 2. The van der Waals surface area contributed by atoms with Crippen molar-refractivity contribution in [3.63, 3.8) is 0 Å². The molecule has 2 heterocycles. The number of para-hydroxylation sites is 1. The third kappa shape index (κ3) is 4.94. The summed E-state index contributed by atoms with van der Waals surface area (Å²) in [6.07, 6.45) is -0.220. The van der Waals surface area contributed by atoms with Crippen molar-refractivity contribution in [2.45, 2.75) is 32.9 Å². The second-order valence-corrected chi connectivity index (χ2v) is 8.82. The van der Waals surface area contributed by atoms with Crippen LogP contribution in [0.25, 0.3) is 0 Å². The third-order valence-corrected chi connectivity index (χ3v) is 5.72. The van der Waals surface area contributed by atoms with Crippen molar-refractivity contribution in [1.29, 1.82) is 0 Å². The lowest BCUT2D eigenvalue weighted by molar-refractivity contribution is 0.0365. The van der Waals surface area contributed by atoms with Gasteiger partial charge in [-0.15, -0.1) is 0 Å². The summed E-state index contributed by atoms with van der Waals surface area (Å²) in [6.45, 7) is 6.64. The Morgan fingerprint density at radius 3 is 2.72 bits per heavy atom. The zero-order valence-corrected chi connectivity index (χ0v) is 19.6. The highest BCUT2D eigenvalue weighted by atomic mass is 16.5. The summed E-state index contributed by atoms with van der Waals surface area (Å²) in [6, 6.07) is 6.51. The van der Waals surface area contributed by atoms with Gasteiger partial charge in [-0.1, -0.05) is 13.0 Å². The van der Waals surface area contributed by atoms with E-state index in [2.05, 4.69) is 10.4 Å². The summed E-state index contributed by atoms with van der Waals surface area (Å²) in [5.41, 5.74) is 1.93. The first-order valence-corrected chi connectivity index (χ1v) is 10.8. The normalized spacial score (nSPS) is 19.8. The van der Waals surface area contributed by atoms with Crippen LogP contribution in [0.2, 0.25) is 0 Å². The molecule has 2 amide bonds. The Labute approximate surface area is 188 Å². The zero-order chi connectivity index (χ0) is 23.6. The number of ether oxygens (including phenoxy) is 1. The number of carbonyl (C=O) groups excluding carboxylic acids is 2. The van der Waals surface area contributed by atoms with E-state index < -0.39 is 0 Å². The molecule has 1 aliphatic rings. The molecule has 174 valence electrons. The number of fused-ring (bicyclic) bond motifs is 1. The molecule has 0 unspecified atom stereocenters. The summed E-state index contributed by atoms with van der Waals surface area (Å²) in [4.78, 5) is 30.1. The Hall–Kier alpha value is -2.91. The lowest BCUT2D eigenvalue weighted by atomic mass is 9.99. The number of aromatic nitrogens is 2. The van der Waals surface area contributed by atoms with Crippen molar-refractivity contribution >= 4 is 17.5 Å². The molecular weight excluding hydrogens is 410 g/mol. The molecule has 0 radical (unpaired) electrons. The monoisotopic (exact) mass is 443 g/mol. The number of nitrogens with one attached hydrogen (secondary N) is 1. The summed E-state index contributed by atoms with van der Waals surface area (Å²) in [7, 11) is 5.64. The molecule has 2 aromatic rings. The minimum absolute atomic E-state index is 0.00646. The van der Waals surface area contributed by atoms with E-state index >= 15 is 0 Å². The topological polar surface area (TPSA) is 99.9 Å². The van der Waals surface area contributed by atoms with Gasteiger partial charge in [-0.05, 0) is 46.1 Å². The van der Waals surface area contributed by atoms with Crippen LogP contribution in [0.1, 0.15) is 40.4 Å². The van der Waals surface area contributed by atoms with Gasteiger partial charge in [0.2, 0.25) is 0 Å². The first kappa shape index (κ1) is 23.7. The van der Waals surface area contributed by atoms with Crippen LogP contribution in [0, 0.1) is 12.8 Å².